The first-order valence-corrected chi connectivity index (χ1v) is 7.73. The lowest BCUT2D eigenvalue weighted by Gasteiger charge is -2.44. The summed E-state index contributed by atoms with van der Waals surface area (Å²) in [7, 11) is 0. The molecule has 0 saturated carbocycles. The molecule has 1 N–H and O–H groups in total. The van der Waals surface area contributed by atoms with Crippen molar-refractivity contribution in [2.75, 3.05) is 39.3 Å². The van der Waals surface area contributed by atoms with Crippen LogP contribution in [0, 0.1) is 0 Å². The van der Waals surface area contributed by atoms with E-state index in [0.29, 0.717) is 13.2 Å². The van der Waals surface area contributed by atoms with Crippen molar-refractivity contribution in [3.05, 3.63) is 0 Å². The molecule has 1 saturated heterocycles. The fourth-order valence-electron chi connectivity index (χ4n) is 2.48. The zero-order chi connectivity index (χ0) is 15.6. The normalized spacial score (nSPS) is 22.8. The van der Waals surface area contributed by atoms with Gasteiger partial charge in [-0.15, -0.1) is 0 Å². The van der Waals surface area contributed by atoms with Crippen LogP contribution in [0.5, 0.6) is 0 Å². The minimum Gasteiger partial charge on any atom is -0.386 e. The lowest BCUT2D eigenvalue weighted by atomic mass is 10.0. The molecular weight excluding hydrogens is 252 g/mol. The van der Waals surface area contributed by atoms with Gasteiger partial charge in [-0.2, -0.15) is 0 Å². The number of rotatable bonds is 4. The Labute approximate surface area is 125 Å². The van der Waals surface area contributed by atoms with E-state index in [0.717, 1.165) is 26.2 Å². The number of nitrogens with zero attached hydrogens (tertiary/aromatic N) is 2. The summed E-state index contributed by atoms with van der Waals surface area (Å²) in [5, 5.41) is 10.5. The van der Waals surface area contributed by atoms with Crippen LogP contribution in [0.3, 0.4) is 0 Å². The van der Waals surface area contributed by atoms with Crippen molar-refractivity contribution in [2.24, 2.45) is 0 Å². The molecule has 1 rings (SSSR count). The standard InChI is InChI=1S/C16H34N2O2/c1-14(2,3)18-10-8-17(9-11-18)12-16(7,19)13-20-15(4,5)6/h19H,8-13H2,1-7H3. The molecule has 1 aliphatic rings. The molecule has 1 unspecified atom stereocenters. The van der Waals surface area contributed by atoms with Gasteiger partial charge in [0, 0.05) is 38.3 Å². The molecule has 0 aliphatic carbocycles. The van der Waals surface area contributed by atoms with Crippen LogP contribution in [0.4, 0.5) is 0 Å². The van der Waals surface area contributed by atoms with E-state index >= 15 is 0 Å². The van der Waals surface area contributed by atoms with Gasteiger partial charge in [0.2, 0.25) is 0 Å². The van der Waals surface area contributed by atoms with E-state index in [2.05, 4.69) is 30.6 Å². The van der Waals surface area contributed by atoms with Gasteiger partial charge in [0.05, 0.1) is 17.8 Å². The number of hydrogen-bond donors (Lipinski definition) is 1. The molecule has 0 aromatic rings. The molecule has 4 heteroatoms. The van der Waals surface area contributed by atoms with Crippen molar-refractivity contribution in [3.8, 4) is 0 Å². The number of β-amino-alcohol motifs (C(OH)–C–C–N with tert-alkyl or cyclic N) is 1. The van der Waals surface area contributed by atoms with Crippen LogP contribution in [0.1, 0.15) is 48.5 Å². The second kappa shape index (κ2) is 6.30. The van der Waals surface area contributed by atoms with E-state index in [-0.39, 0.29) is 11.1 Å². The lowest BCUT2D eigenvalue weighted by molar-refractivity contribution is -0.105. The van der Waals surface area contributed by atoms with E-state index in [9.17, 15) is 5.11 Å². The summed E-state index contributed by atoms with van der Waals surface area (Å²) in [5.41, 5.74) is -0.740. The number of aliphatic hydroxyl groups is 1. The van der Waals surface area contributed by atoms with Gasteiger partial charge in [0.15, 0.2) is 0 Å². The summed E-state index contributed by atoms with van der Waals surface area (Å²) in [6, 6.07) is 0. The largest absolute Gasteiger partial charge is 0.386 e. The van der Waals surface area contributed by atoms with Gasteiger partial charge in [0.25, 0.3) is 0 Å². The van der Waals surface area contributed by atoms with Crippen LogP contribution >= 0.6 is 0 Å². The molecule has 1 fully saturated rings. The third-order valence-corrected chi connectivity index (χ3v) is 3.70. The molecule has 0 aromatic heterocycles. The maximum Gasteiger partial charge on any atom is 0.0978 e. The highest BCUT2D eigenvalue weighted by molar-refractivity contribution is 4.85. The SMILES string of the molecule is CC(O)(COC(C)(C)C)CN1CCN(C(C)(C)C)CC1. The van der Waals surface area contributed by atoms with Crippen molar-refractivity contribution < 1.29 is 9.84 Å². The first-order valence-electron chi connectivity index (χ1n) is 7.73. The van der Waals surface area contributed by atoms with E-state index < -0.39 is 5.60 Å². The van der Waals surface area contributed by atoms with Gasteiger partial charge in [-0.3, -0.25) is 9.80 Å². The Kier molecular flexibility index (Phi) is 5.64. The topological polar surface area (TPSA) is 35.9 Å². The molecule has 1 heterocycles. The van der Waals surface area contributed by atoms with Crippen LogP contribution < -0.4 is 0 Å². The Morgan fingerprint density at radius 1 is 0.900 bits per heavy atom. The van der Waals surface area contributed by atoms with Crippen molar-refractivity contribution in [1.82, 2.24) is 9.80 Å². The quantitative estimate of drug-likeness (QED) is 0.857. The van der Waals surface area contributed by atoms with E-state index in [1.54, 1.807) is 0 Å². The summed E-state index contributed by atoms with van der Waals surface area (Å²) in [4.78, 5) is 4.85. The summed E-state index contributed by atoms with van der Waals surface area (Å²) < 4.78 is 5.72. The molecule has 0 bridgehead atoms. The zero-order valence-corrected chi connectivity index (χ0v) is 14.5. The van der Waals surface area contributed by atoms with Gasteiger partial charge in [-0.25, -0.2) is 0 Å². The Bertz CT molecular complexity index is 295. The molecule has 0 amide bonds. The van der Waals surface area contributed by atoms with E-state index in [1.165, 1.54) is 0 Å². The minimum atomic E-state index is -0.781. The van der Waals surface area contributed by atoms with Crippen LogP contribution in [0.15, 0.2) is 0 Å². The molecule has 0 radical (unpaired) electrons. The fourth-order valence-corrected chi connectivity index (χ4v) is 2.48. The first kappa shape index (κ1) is 17.9. The predicted molar refractivity (Wildman–Crippen MR) is 84.1 cm³/mol. The molecule has 1 aliphatic heterocycles. The third-order valence-electron chi connectivity index (χ3n) is 3.70. The monoisotopic (exact) mass is 286 g/mol. The van der Waals surface area contributed by atoms with Crippen LogP contribution in [-0.4, -0.2) is 71.0 Å². The number of piperazine rings is 1. The minimum absolute atomic E-state index is 0.199. The van der Waals surface area contributed by atoms with Crippen LogP contribution in [0.25, 0.3) is 0 Å². The molecule has 120 valence electrons. The summed E-state index contributed by atoms with van der Waals surface area (Å²) in [6.45, 7) is 19.9. The fraction of sp³-hybridized carbons (Fsp3) is 1.00. The predicted octanol–water partition coefficient (Wildman–Crippen LogP) is 1.97. The van der Waals surface area contributed by atoms with Gasteiger partial charge >= 0.3 is 0 Å². The maximum atomic E-state index is 10.5. The van der Waals surface area contributed by atoms with Gasteiger partial charge in [0.1, 0.15) is 0 Å². The Morgan fingerprint density at radius 2 is 1.40 bits per heavy atom. The van der Waals surface area contributed by atoms with Crippen LogP contribution in [0.2, 0.25) is 0 Å². The van der Waals surface area contributed by atoms with E-state index in [4.69, 9.17) is 4.74 Å². The highest BCUT2D eigenvalue weighted by Crippen LogP contribution is 2.18. The molecule has 1 atom stereocenters. The summed E-state index contributed by atoms with van der Waals surface area (Å²) in [5.74, 6) is 0. The summed E-state index contributed by atoms with van der Waals surface area (Å²) >= 11 is 0. The van der Waals surface area contributed by atoms with Gasteiger partial charge in [-0.1, -0.05) is 0 Å². The third kappa shape index (κ3) is 6.53. The average molecular weight is 286 g/mol. The van der Waals surface area contributed by atoms with Gasteiger partial charge in [-0.05, 0) is 48.5 Å². The number of hydrogen-bond acceptors (Lipinski definition) is 4. The molecule has 0 spiro atoms. The van der Waals surface area contributed by atoms with Crippen LogP contribution in [-0.2, 0) is 4.74 Å². The van der Waals surface area contributed by atoms with Crippen molar-refractivity contribution in [2.45, 2.75) is 65.2 Å². The molecule has 20 heavy (non-hydrogen) atoms. The average Bonchev–Trinajstić information content (AvgIpc) is 2.25. The second-order valence-corrected chi connectivity index (χ2v) is 8.33. The Morgan fingerprint density at radius 3 is 1.80 bits per heavy atom. The summed E-state index contributed by atoms with van der Waals surface area (Å²) in [6.07, 6.45) is 0. The van der Waals surface area contributed by atoms with Crippen molar-refractivity contribution in [3.63, 3.8) is 0 Å². The first-order chi connectivity index (χ1) is 8.89. The Balaban J connectivity index is 2.39. The molecule has 0 aromatic carbocycles. The van der Waals surface area contributed by atoms with Crippen molar-refractivity contribution >= 4 is 0 Å². The van der Waals surface area contributed by atoms with Gasteiger partial charge < -0.3 is 9.84 Å². The molecule has 4 nitrogen and oxygen atoms in total. The molecular formula is C16H34N2O2. The number of ether oxygens (including phenoxy) is 1. The zero-order valence-electron chi connectivity index (χ0n) is 14.5. The highest BCUT2D eigenvalue weighted by Gasteiger charge is 2.31. The van der Waals surface area contributed by atoms with E-state index in [1.807, 2.05) is 27.7 Å². The second-order valence-electron chi connectivity index (χ2n) is 8.33. The smallest absolute Gasteiger partial charge is 0.0978 e. The Hall–Kier alpha value is -0.160. The highest BCUT2D eigenvalue weighted by atomic mass is 16.5. The lowest BCUT2D eigenvalue weighted by Crippen LogP contribution is -2.56. The maximum absolute atomic E-state index is 10.5. The van der Waals surface area contributed by atoms with Crippen molar-refractivity contribution in [1.29, 1.82) is 0 Å².